The third-order valence-corrected chi connectivity index (χ3v) is 6.14. The molecule has 0 aliphatic heterocycles. The average molecular weight is 489 g/mol. The van der Waals surface area contributed by atoms with Crippen LogP contribution in [0.25, 0.3) is 0 Å². The van der Waals surface area contributed by atoms with Gasteiger partial charge in [0.1, 0.15) is 6.54 Å². The summed E-state index contributed by atoms with van der Waals surface area (Å²) in [7, 11) is 0. The van der Waals surface area contributed by atoms with Crippen LogP contribution in [0.1, 0.15) is 47.1 Å². The zero-order valence-corrected chi connectivity index (χ0v) is 20.1. The van der Waals surface area contributed by atoms with Gasteiger partial charge >= 0.3 is 6.18 Å². The maximum atomic E-state index is 13.4. The van der Waals surface area contributed by atoms with E-state index in [1.165, 1.54) is 28.4 Å². The van der Waals surface area contributed by atoms with Crippen LogP contribution in [0, 0.1) is 0 Å². The Kier molecular flexibility index (Phi) is 7.82. The van der Waals surface area contributed by atoms with Crippen molar-refractivity contribution in [2.75, 3.05) is 6.54 Å². The molecular formula is C26H27F3N2O2S. The molecule has 0 saturated carbocycles. The smallest absolute Gasteiger partial charge is 0.332 e. The number of hydrogen-bond donors (Lipinski definition) is 0. The molecule has 0 bridgehead atoms. The molecule has 0 radical (unpaired) electrons. The summed E-state index contributed by atoms with van der Waals surface area (Å²) in [4.78, 5) is 30.7. The van der Waals surface area contributed by atoms with Crippen LogP contribution in [0.3, 0.4) is 0 Å². The fourth-order valence-corrected chi connectivity index (χ4v) is 4.18. The Morgan fingerprint density at radius 1 is 0.882 bits per heavy atom. The molecule has 0 saturated heterocycles. The highest BCUT2D eigenvalue weighted by Crippen LogP contribution is 2.30. The highest BCUT2D eigenvalue weighted by Gasteiger charge is 2.34. The maximum absolute atomic E-state index is 13.4. The predicted octanol–water partition coefficient (Wildman–Crippen LogP) is 6.24. The molecule has 2 aromatic carbocycles. The summed E-state index contributed by atoms with van der Waals surface area (Å²) in [5.74, 6) is -0.907. The first-order valence-electron chi connectivity index (χ1n) is 10.8. The lowest BCUT2D eigenvalue weighted by Gasteiger charge is -2.37. The molecule has 0 unspecified atom stereocenters. The second-order valence-electron chi connectivity index (χ2n) is 8.96. The van der Waals surface area contributed by atoms with Crippen molar-refractivity contribution in [3.05, 3.63) is 93.7 Å². The molecule has 8 heteroatoms. The van der Waals surface area contributed by atoms with E-state index < -0.39 is 23.2 Å². The van der Waals surface area contributed by atoms with Gasteiger partial charge in [-0.15, -0.1) is 11.3 Å². The van der Waals surface area contributed by atoms with E-state index >= 15 is 0 Å². The first-order chi connectivity index (χ1) is 15.9. The summed E-state index contributed by atoms with van der Waals surface area (Å²) in [6.07, 6.45) is -4.56. The lowest BCUT2D eigenvalue weighted by atomic mass is 10.0. The van der Waals surface area contributed by atoms with Gasteiger partial charge in [-0.05, 0) is 56.0 Å². The Balaban J connectivity index is 1.87. The number of alkyl halides is 3. The number of nitrogens with zero attached hydrogens (tertiary/aromatic N) is 2. The molecule has 34 heavy (non-hydrogen) atoms. The number of rotatable bonds is 7. The number of carbonyl (C=O) groups excluding carboxylic acids is 2. The minimum absolute atomic E-state index is 0.106. The standard InChI is InChI=1S/C26H27F3N2O2S/c1-25(2,3)31(24(33)20-11-7-12-21(15-20)26(27,28)29)18-23(32)30(17-22-13-8-14-34-22)16-19-9-5-4-6-10-19/h4-15H,16-18H2,1-3H3. The van der Waals surface area contributed by atoms with Crippen LogP contribution < -0.4 is 0 Å². The topological polar surface area (TPSA) is 40.6 Å². The monoisotopic (exact) mass is 488 g/mol. The van der Waals surface area contributed by atoms with Crippen LogP contribution in [0.4, 0.5) is 13.2 Å². The van der Waals surface area contributed by atoms with Gasteiger partial charge in [0.15, 0.2) is 0 Å². The molecule has 0 fully saturated rings. The minimum atomic E-state index is -4.56. The Bertz CT molecular complexity index is 1110. The largest absolute Gasteiger partial charge is 0.416 e. The fraction of sp³-hybridized carbons (Fsp3) is 0.308. The van der Waals surface area contributed by atoms with E-state index in [1.54, 1.807) is 25.7 Å². The molecule has 0 N–H and O–H groups in total. The summed E-state index contributed by atoms with van der Waals surface area (Å²) < 4.78 is 39.6. The van der Waals surface area contributed by atoms with Crippen LogP contribution in [-0.2, 0) is 24.1 Å². The van der Waals surface area contributed by atoms with Gasteiger partial charge in [-0.25, -0.2) is 0 Å². The van der Waals surface area contributed by atoms with Crippen LogP contribution in [0.15, 0.2) is 72.1 Å². The zero-order valence-electron chi connectivity index (χ0n) is 19.3. The number of hydrogen-bond acceptors (Lipinski definition) is 3. The maximum Gasteiger partial charge on any atom is 0.416 e. The molecule has 3 rings (SSSR count). The van der Waals surface area contributed by atoms with E-state index in [0.29, 0.717) is 13.1 Å². The van der Waals surface area contributed by atoms with Crippen LogP contribution in [0.2, 0.25) is 0 Å². The average Bonchev–Trinajstić information content (AvgIpc) is 3.29. The van der Waals surface area contributed by atoms with Gasteiger partial charge in [0.25, 0.3) is 5.91 Å². The summed E-state index contributed by atoms with van der Waals surface area (Å²) >= 11 is 1.53. The van der Waals surface area contributed by atoms with Gasteiger partial charge in [0, 0.05) is 22.5 Å². The molecule has 0 aliphatic carbocycles. The lowest BCUT2D eigenvalue weighted by molar-refractivity contribution is -0.137. The van der Waals surface area contributed by atoms with Gasteiger partial charge in [0.05, 0.1) is 12.1 Å². The minimum Gasteiger partial charge on any atom is -0.332 e. The third-order valence-electron chi connectivity index (χ3n) is 5.28. The van der Waals surface area contributed by atoms with Crippen LogP contribution in [-0.4, -0.2) is 33.7 Å². The first kappa shape index (κ1) is 25.5. The SMILES string of the molecule is CC(C)(C)N(CC(=O)N(Cc1ccccc1)Cc1cccs1)C(=O)c1cccc(C(F)(F)F)c1. The van der Waals surface area contributed by atoms with E-state index in [4.69, 9.17) is 0 Å². The second kappa shape index (κ2) is 10.4. The summed E-state index contributed by atoms with van der Waals surface area (Å²) in [6, 6.07) is 17.7. The lowest BCUT2D eigenvalue weighted by Crippen LogP contribution is -2.51. The van der Waals surface area contributed by atoms with Crippen molar-refractivity contribution < 1.29 is 22.8 Å². The molecule has 0 atom stereocenters. The van der Waals surface area contributed by atoms with E-state index in [-0.39, 0.29) is 18.0 Å². The normalized spacial score (nSPS) is 11.8. The van der Waals surface area contributed by atoms with Gasteiger partial charge < -0.3 is 9.80 Å². The van der Waals surface area contributed by atoms with Crippen LogP contribution >= 0.6 is 11.3 Å². The number of thiophene rings is 1. The third kappa shape index (κ3) is 6.70. The fourth-order valence-electron chi connectivity index (χ4n) is 3.46. The van der Waals surface area contributed by atoms with E-state index in [9.17, 15) is 22.8 Å². The Morgan fingerprint density at radius 2 is 1.59 bits per heavy atom. The highest BCUT2D eigenvalue weighted by atomic mass is 32.1. The van der Waals surface area contributed by atoms with E-state index in [2.05, 4.69) is 0 Å². The first-order valence-corrected chi connectivity index (χ1v) is 11.7. The van der Waals surface area contributed by atoms with Gasteiger partial charge in [-0.3, -0.25) is 9.59 Å². The number of carbonyl (C=O) groups is 2. The number of halogens is 3. The summed E-state index contributed by atoms with van der Waals surface area (Å²) in [6.45, 7) is 5.75. The van der Waals surface area contributed by atoms with E-state index in [1.807, 2.05) is 47.8 Å². The number of amides is 2. The number of benzene rings is 2. The zero-order chi connectivity index (χ0) is 24.9. The molecule has 1 heterocycles. The molecule has 3 aromatic rings. The molecule has 1 aromatic heterocycles. The van der Waals surface area contributed by atoms with Crippen molar-refractivity contribution in [3.63, 3.8) is 0 Å². The summed E-state index contributed by atoms with van der Waals surface area (Å²) in [5, 5.41) is 1.93. The molecule has 4 nitrogen and oxygen atoms in total. The second-order valence-corrected chi connectivity index (χ2v) is 9.99. The van der Waals surface area contributed by atoms with Crippen LogP contribution in [0.5, 0.6) is 0 Å². The predicted molar refractivity (Wildman–Crippen MR) is 127 cm³/mol. The molecule has 180 valence electrons. The van der Waals surface area contributed by atoms with E-state index in [0.717, 1.165) is 22.6 Å². The van der Waals surface area contributed by atoms with Gasteiger partial charge in [-0.1, -0.05) is 42.5 Å². The summed E-state index contributed by atoms with van der Waals surface area (Å²) in [5.41, 5.74) is -0.853. The van der Waals surface area contributed by atoms with Crippen molar-refractivity contribution in [1.82, 2.24) is 9.80 Å². The van der Waals surface area contributed by atoms with Crippen molar-refractivity contribution in [2.45, 2.75) is 45.6 Å². The molecule has 0 aliphatic rings. The Morgan fingerprint density at radius 3 is 2.18 bits per heavy atom. The molecule has 2 amide bonds. The Hall–Kier alpha value is -3.13. The quantitative estimate of drug-likeness (QED) is 0.395. The van der Waals surface area contributed by atoms with Crippen molar-refractivity contribution in [1.29, 1.82) is 0 Å². The highest BCUT2D eigenvalue weighted by molar-refractivity contribution is 7.09. The van der Waals surface area contributed by atoms with Crippen molar-refractivity contribution in [2.24, 2.45) is 0 Å². The van der Waals surface area contributed by atoms with Crippen molar-refractivity contribution in [3.8, 4) is 0 Å². The van der Waals surface area contributed by atoms with Crippen molar-refractivity contribution >= 4 is 23.2 Å². The van der Waals surface area contributed by atoms with Gasteiger partial charge in [0.2, 0.25) is 5.91 Å². The molecule has 0 spiro atoms. The van der Waals surface area contributed by atoms with Gasteiger partial charge in [-0.2, -0.15) is 13.2 Å². The molecular weight excluding hydrogens is 461 g/mol. The Labute approximate surface area is 201 Å².